The third kappa shape index (κ3) is 6.22. The first kappa shape index (κ1) is 22.7. The van der Waals surface area contributed by atoms with E-state index in [2.05, 4.69) is 83.0 Å². The second kappa shape index (κ2) is 10.3. The van der Waals surface area contributed by atoms with Gasteiger partial charge >= 0.3 is 0 Å². The van der Waals surface area contributed by atoms with Gasteiger partial charge in [0.25, 0.3) is 0 Å². The predicted octanol–water partition coefficient (Wildman–Crippen LogP) is 6.76. The Morgan fingerprint density at radius 1 is 1.34 bits per heavy atom. The fourth-order valence-electron chi connectivity index (χ4n) is 3.44. The first-order valence-corrected chi connectivity index (χ1v) is 10.6. The molecule has 29 heavy (non-hydrogen) atoms. The van der Waals surface area contributed by atoms with Crippen molar-refractivity contribution < 1.29 is 4.74 Å². The van der Waals surface area contributed by atoms with Gasteiger partial charge in [0.2, 0.25) is 0 Å². The van der Waals surface area contributed by atoms with E-state index in [1.165, 1.54) is 5.56 Å². The van der Waals surface area contributed by atoms with E-state index in [-0.39, 0.29) is 5.60 Å². The van der Waals surface area contributed by atoms with Crippen molar-refractivity contribution in [2.24, 2.45) is 0 Å². The Hall–Kier alpha value is -2.55. The molecule has 1 aliphatic heterocycles. The number of aromatic nitrogens is 1. The van der Waals surface area contributed by atoms with E-state index >= 15 is 0 Å². The maximum absolute atomic E-state index is 6.60. The molecule has 2 heterocycles. The molecule has 0 radical (unpaired) electrons. The third-order valence-corrected chi connectivity index (χ3v) is 4.86. The summed E-state index contributed by atoms with van der Waals surface area (Å²) in [4.78, 5) is 7.21. The van der Waals surface area contributed by atoms with Crippen molar-refractivity contribution in [1.82, 2.24) is 9.88 Å². The van der Waals surface area contributed by atoms with Crippen LogP contribution >= 0.6 is 0 Å². The molecule has 0 aromatic carbocycles. The van der Waals surface area contributed by atoms with Gasteiger partial charge in [0.1, 0.15) is 17.0 Å². The predicted molar refractivity (Wildman–Crippen MR) is 126 cm³/mol. The van der Waals surface area contributed by atoms with Crippen molar-refractivity contribution >= 4 is 11.6 Å². The Morgan fingerprint density at radius 2 is 2.10 bits per heavy atom. The number of ether oxygens (including phenoxy) is 1. The highest BCUT2D eigenvalue weighted by atomic mass is 16.5. The van der Waals surface area contributed by atoms with Crippen LogP contribution in [0, 0.1) is 0 Å². The fraction of sp³-hybridized carbons (Fsp3) is 0.423. The monoisotopic (exact) mass is 392 g/mol. The van der Waals surface area contributed by atoms with Gasteiger partial charge in [-0.3, -0.25) is 0 Å². The van der Waals surface area contributed by atoms with Crippen molar-refractivity contribution in [2.45, 2.75) is 59.0 Å². The Kier molecular flexibility index (Phi) is 8.07. The summed E-state index contributed by atoms with van der Waals surface area (Å²) in [5.41, 5.74) is 3.73. The quantitative estimate of drug-likeness (QED) is 0.500. The molecule has 0 spiro atoms. The van der Waals surface area contributed by atoms with E-state index in [0.717, 1.165) is 48.6 Å². The molecule has 1 aromatic rings. The summed E-state index contributed by atoms with van der Waals surface area (Å²) in [5.74, 6) is 1.20. The first-order valence-electron chi connectivity index (χ1n) is 10.6. The van der Waals surface area contributed by atoms with Gasteiger partial charge in [0, 0.05) is 12.1 Å². The zero-order chi connectivity index (χ0) is 21.4. The molecule has 2 rings (SSSR count). The van der Waals surface area contributed by atoms with Crippen LogP contribution in [-0.2, 0) is 0 Å². The van der Waals surface area contributed by atoms with Crippen LogP contribution in [0.1, 0.15) is 70.3 Å². The SMILES string of the molecule is C=C/C=C(\C=C/CC)c1cc(C(C)C)c2c(n1)/C=C/CCN(C=C)CC(C)(C)O2. The fourth-order valence-corrected chi connectivity index (χ4v) is 3.44. The topological polar surface area (TPSA) is 25.4 Å². The Balaban J connectivity index is 2.65. The van der Waals surface area contributed by atoms with Crippen LogP contribution in [0.3, 0.4) is 0 Å². The zero-order valence-corrected chi connectivity index (χ0v) is 18.7. The molecule has 0 N–H and O–H groups in total. The molecule has 0 atom stereocenters. The van der Waals surface area contributed by atoms with E-state index in [0.29, 0.717) is 5.92 Å². The summed E-state index contributed by atoms with van der Waals surface area (Å²) in [5, 5.41) is 0. The van der Waals surface area contributed by atoms with Crippen molar-refractivity contribution in [3.05, 3.63) is 72.8 Å². The molecule has 0 bridgehead atoms. The van der Waals surface area contributed by atoms with Crippen molar-refractivity contribution in [3.63, 3.8) is 0 Å². The summed E-state index contributed by atoms with van der Waals surface area (Å²) < 4.78 is 6.60. The van der Waals surface area contributed by atoms with Gasteiger partial charge in [-0.05, 0) is 56.5 Å². The number of nitrogens with zero attached hydrogens (tertiary/aromatic N) is 2. The van der Waals surface area contributed by atoms with Crippen LogP contribution in [0.15, 0.2) is 55.8 Å². The molecule has 156 valence electrons. The maximum Gasteiger partial charge on any atom is 0.149 e. The summed E-state index contributed by atoms with van der Waals surface area (Å²) in [7, 11) is 0. The number of rotatable bonds is 6. The smallest absolute Gasteiger partial charge is 0.149 e. The molecule has 0 aliphatic carbocycles. The highest BCUT2D eigenvalue weighted by Crippen LogP contribution is 2.36. The van der Waals surface area contributed by atoms with E-state index < -0.39 is 0 Å². The second-order valence-corrected chi connectivity index (χ2v) is 8.34. The first-order chi connectivity index (χ1) is 13.8. The van der Waals surface area contributed by atoms with Gasteiger partial charge in [-0.1, -0.05) is 64.3 Å². The second-order valence-electron chi connectivity index (χ2n) is 8.34. The molecule has 0 amide bonds. The summed E-state index contributed by atoms with van der Waals surface area (Å²) >= 11 is 0. The zero-order valence-electron chi connectivity index (χ0n) is 18.7. The number of allylic oxidation sites excluding steroid dienone is 5. The van der Waals surface area contributed by atoms with E-state index in [9.17, 15) is 0 Å². The molecule has 0 fully saturated rings. The molecule has 1 aliphatic rings. The lowest BCUT2D eigenvalue weighted by atomic mass is 9.97. The minimum Gasteiger partial charge on any atom is -0.483 e. The molecular formula is C26H36N2O. The number of hydrogen-bond acceptors (Lipinski definition) is 3. The molecule has 0 unspecified atom stereocenters. The van der Waals surface area contributed by atoms with Gasteiger partial charge < -0.3 is 9.64 Å². The minimum absolute atomic E-state index is 0.313. The Bertz CT molecular complexity index is 812. The average Bonchev–Trinajstić information content (AvgIpc) is 2.67. The third-order valence-electron chi connectivity index (χ3n) is 4.86. The van der Waals surface area contributed by atoms with Crippen molar-refractivity contribution in [1.29, 1.82) is 0 Å². The summed E-state index contributed by atoms with van der Waals surface area (Å²) in [6.07, 6.45) is 16.2. The number of pyridine rings is 1. The molecule has 1 aromatic heterocycles. The highest BCUT2D eigenvalue weighted by Gasteiger charge is 2.27. The Morgan fingerprint density at radius 3 is 2.72 bits per heavy atom. The van der Waals surface area contributed by atoms with Gasteiger partial charge in [-0.2, -0.15) is 0 Å². The van der Waals surface area contributed by atoms with Crippen LogP contribution in [0.2, 0.25) is 0 Å². The standard InChI is InChI=1S/C26H36N2O/c1-8-11-15-21(14-9-2)24-18-22(20(4)5)25-23(27-24)16-12-13-17-28(10-3)19-26(6,7)29-25/h9-12,14-16,18,20H,2-3,8,13,17,19H2,1,4-7H3/b15-11-,16-12+,21-14+. The van der Waals surface area contributed by atoms with Gasteiger partial charge in [-0.25, -0.2) is 4.98 Å². The molecular weight excluding hydrogens is 356 g/mol. The average molecular weight is 393 g/mol. The number of fused-ring (bicyclic) bond motifs is 1. The lowest BCUT2D eigenvalue weighted by Crippen LogP contribution is -2.41. The highest BCUT2D eigenvalue weighted by molar-refractivity contribution is 5.75. The lowest BCUT2D eigenvalue weighted by Gasteiger charge is -2.34. The molecule has 0 saturated heterocycles. The van der Waals surface area contributed by atoms with E-state index in [4.69, 9.17) is 9.72 Å². The molecule has 0 saturated carbocycles. The van der Waals surface area contributed by atoms with Crippen molar-refractivity contribution in [3.8, 4) is 5.75 Å². The largest absolute Gasteiger partial charge is 0.483 e. The van der Waals surface area contributed by atoms with Gasteiger partial charge in [0.05, 0.1) is 12.2 Å². The van der Waals surface area contributed by atoms with Crippen LogP contribution in [0.5, 0.6) is 5.75 Å². The van der Waals surface area contributed by atoms with Gasteiger partial charge in [-0.15, -0.1) is 0 Å². The maximum atomic E-state index is 6.60. The molecule has 3 nitrogen and oxygen atoms in total. The van der Waals surface area contributed by atoms with Crippen LogP contribution in [0.4, 0.5) is 0 Å². The Labute approximate surface area is 177 Å². The van der Waals surface area contributed by atoms with E-state index in [1.54, 1.807) is 0 Å². The summed E-state index contributed by atoms with van der Waals surface area (Å²) in [6.45, 7) is 20.3. The van der Waals surface area contributed by atoms with Crippen LogP contribution < -0.4 is 4.74 Å². The normalized spacial score (nSPS) is 18.3. The minimum atomic E-state index is -0.358. The lowest BCUT2D eigenvalue weighted by molar-refractivity contribution is 0.0741. The van der Waals surface area contributed by atoms with Crippen LogP contribution in [-0.4, -0.2) is 28.6 Å². The van der Waals surface area contributed by atoms with Crippen molar-refractivity contribution in [2.75, 3.05) is 13.1 Å². The van der Waals surface area contributed by atoms with Gasteiger partial charge in [0.15, 0.2) is 0 Å². The number of hydrogen-bond donors (Lipinski definition) is 0. The van der Waals surface area contributed by atoms with Crippen LogP contribution in [0.25, 0.3) is 11.6 Å². The molecule has 3 heteroatoms. The van der Waals surface area contributed by atoms with E-state index in [1.807, 2.05) is 18.4 Å². The summed E-state index contributed by atoms with van der Waals surface area (Å²) in [6, 6.07) is 2.17.